The Morgan fingerprint density at radius 2 is 0.412 bits per heavy atom. The van der Waals surface area contributed by atoms with Gasteiger partial charge in [0.05, 0.1) is 0 Å². The van der Waals surface area contributed by atoms with Crippen LogP contribution in [0.15, 0.2) is 0 Å². The average molecular weight is 464 g/mol. The monoisotopic (exact) mass is 464 g/mol. The maximum Gasteiger partial charge on any atom is 4.00 e. The van der Waals surface area contributed by atoms with Crippen molar-refractivity contribution in [1.82, 2.24) is 0 Å². The Morgan fingerprint density at radius 3 is 0.412 bits per heavy atom. The van der Waals surface area contributed by atoms with Gasteiger partial charge in [0.25, 0.3) is 0 Å². The molecule has 0 aliphatic rings. The van der Waals surface area contributed by atoms with E-state index < -0.39 is 43.9 Å². The van der Waals surface area contributed by atoms with Crippen LogP contribution in [0.25, 0.3) is 0 Å². The second-order valence-electron chi connectivity index (χ2n) is 0.868. The molecule has 0 unspecified atom stereocenters. The smallest absolute Gasteiger partial charge is 0.439 e. The van der Waals surface area contributed by atoms with Crippen LogP contribution in [0, 0.1) is 41.7 Å². The van der Waals surface area contributed by atoms with Crippen molar-refractivity contribution >= 4 is 43.9 Å². The van der Waals surface area contributed by atoms with Crippen molar-refractivity contribution in [2.75, 3.05) is 0 Å². The largest absolute Gasteiger partial charge is 4.00 e. The van der Waals surface area contributed by atoms with E-state index in [-0.39, 0.29) is 41.7 Å². The van der Waals surface area contributed by atoms with Crippen LogP contribution < -0.4 is 0 Å². The minimum Gasteiger partial charge on any atom is -0.439 e. The third-order valence-electron chi connectivity index (χ3n) is 0. The predicted octanol–water partition coefficient (Wildman–Crippen LogP) is -0.925. The van der Waals surface area contributed by atoms with Gasteiger partial charge >= 0.3 is 41.7 Å². The molecule has 12 nitrogen and oxygen atoms in total. The van der Waals surface area contributed by atoms with E-state index in [1.54, 1.807) is 0 Å². The molecule has 0 fully saturated rings. The normalized spacial score (nSPS) is 8.00. The second kappa shape index (κ2) is 25.8. The summed E-state index contributed by atoms with van der Waals surface area (Å²) in [5.74, 6) is 0. The molecule has 0 aromatic carbocycles. The Bertz CT molecular complexity index is 292. The quantitative estimate of drug-likeness (QED) is 0.194. The van der Waals surface area contributed by atoms with Crippen molar-refractivity contribution in [3.63, 3.8) is 0 Å². The summed E-state index contributed by atoms with van der Waals surface area (Å²) >= 11 is 0. The summed E-state index contributed by atoms with van der Waals surface area (Å²) < 4.78 is 96.3. The second-order valence-corrected chi connectivity index (χ2v) is 2.61. The van der Waals surface area contributed by atoms with Crippen LogP contribution in [-0.4, -0.2) is 18.2 Å². The van der Waals surface area contributed by atoms with E-state index in [9.17, 15) is 0 Å². The zero-order valence-corrected chi connectivity index (χ0v) is 13.6. The first-order valence-electron chi connectivity index (χ1n) is 2.06. The molecule has 17 heteroatoms. The Labute approximate surface area is 136 Å². The molecule has 0 heterocycles. The molecule has 0 aliphatic heterocycles. The van der Waals surface area contributed by atoms with E-state index >= 15 is 0 Å². The van der Waals surface area contributed by atoms with Gasteiger partial charge in [-0.05, 0) is 0 Å². The topological polar surface area (TPSA) is 217 Å². The molecule has 0 aliphatic carbocycles. The first-order valence-corrected chi connectivity index (χ1v) is 6.19. The van der Waals surface area contributed by atoms with Crippen molar-refractivity contribution in [2.24, 2.45) is 0 Å². The fourth-order valence-electron chi connectivity index (χ4n) is 0. The third-order valence-corrected chi connectivity index (χ3v) is 0. The number of hydrogen-bond acceptors (Lipinski definition) is 12. The first kappa shape index (κ1) is 30.8. The van der Waals surface area contributed by atoms with Gasteiger partial charge in [0, 0.05) is 43.9 Å². The molecule has 17 heavy (non-hydrogen) atoms. The van der Waals surface area contributed by atoms with Crippen molar-refractivity contribution in [3.05, 3.63) is 0 Å². The van der Waals surface area contributed by atoms with Gasteiger partial charge in [-0.15, -0.1) is 0 Å². The summed E-state index contributed by atoms with van der Waals surface area (Å²) in [5, 5.41) is 0. The van der Waals surface area contributed by atoms with Crippen LogP contribution in [0.3, 0.4) is 0 Å². The maximum absolute atomic E-state index is 8.56. The Balaban J connectivity index is -0.0000000369. The summed E-state index contributed by atoms with van der Waals surface area (Å²) in [6.45, 7) is 0. The van der Waals surface area contributed by atoms with E-state index in [1.165, 1.54) is 0 Å². The van der Waals surface area contributed by atoms with E-state index in [4.69, 9.17) is 51.9 Å². The molecule has 4 N–H and O–H groups in total. The SMILES string of the molecule is O=[S-](=O)O.O=[S-](=O)O.O=[S-](=O)O.O=[S-](=O)O.[Ce+4]. The van der Waals surface area contributed by atoms with Crippen LogP contribution in [0.1, 0.15) is 0 Å². The van der Waals surface area contributed by atoms with E-state index in [1.807, 2.05) is 0 Å². The molecule has 0 bridgehead atoms. The zero-order chi connectivity index (χ0) is 14.3. The van der Waals surface area contributed by atoms with E-state index in [2.05, 4.69) is 0 Å². The van der Waals surface area contributed by atoms with Crippen LogP contribution in [0.2, 0.25) is 0 Å². The number of rotatable bonds is 0. The summed E-state index contributed by atoms with van der Waals surface area (Å²) in [4.78, 5) is 0. The minimum absolute atomic E-state index is 0. The fraction of sp³-hybridized carbons (Fsp3) is 0. The molecule has 0 aromatic heterocycles. The summed E-state index contributed by atoms with van der Waals surface area (Å²) in [6.07, 6.45) is 0. The minimum atomic E-state index is -2.86. The van der Waals surface area contributed by atoms with Gasteiger partial charge in [-0.2, -0.15) is 0 Å². The molecule has 0 rings (SSSR count). The van der Waals surface area contributed by atoms with Crippen LogP contribution in [0.5, 0.6) is 0 Å². The predicted molar refractivity (Wildman–Crippen MR) is 45.5 cm³/mol. The Hall–Kier alpha value is 1.02. The molecular formula is H4CeO12S4. The molecule has 0 saturated heterocycles. The molecular weight excluding hydrogens is 460 g/mol. The molecule has 0 saturated carbocycles. The molecule has 0 amide bonds. The van der Waals surface area contributed by atoms with Gasteiger partial charge in [0.15, 0.2) is 0 Å². The Kier molecular flexibility index (Phi) is 46.7. The van der Waals surface area contributed by atoms with Crippen molar-refractivity contribution in [1.29, 1.82) is 0 Å². The fourth-order valence-corrected chi connectivity index (χ4v) is 0. The van der Waals surface area contributed by atoms with Gasteiger partial charge < -0.3 is 51.9 Å². The maximum atomic E-state index is 8.56. The van der Waals surface area contributed by atoms with Gasteiger partial charge in [-0.3, -0.25) is 0 Å². The van der Waals surface area contributed by atoms with E-state index in [0.717, 1.165) is 0 Å². The Morgan fingerprint density at radius 1 is 0.412 bits per heavy atom. The molecule has 0 atom stereocenters. The molecule has 0 aromatic rings. The zero-order valence-electron chi connectivity index (χ0n) is 7.19. The molecule has 0 radical (unpaired) electrons. The molecule has 104 valence electrons. The van der Waals surface area contributed by atoms with Crippen molar-refractivity contribution in [3.8, 4) is 0 Å². The standard InChI is InChI=1S/Ce.4HO3S/c;4*1-4(2)3/h;4*(H,1,2,3)/q+4;4*-1. The van der Waals surface area contributed by atoms with Crippen LogP contribution >= 0.6 is 0 Å². The van der Waals surface area contributed by atoms with Crippen molar-refractivity contribution in [2.45, 2.75) is 0 Å². The van der Waals surface area contributed by atoms with Crippen LogP contribution in [-0.2, 0) is 77.6 Å². The average Bonchev–Trinajstić information content (AvgIpc) is 1.76. The summed E-state index contributed by atoms with van der Waals surface area (Å²) in [6, 6.07) is 0. The van der Waals surface area contributed by atoms with Gasteiger partial charge in [-0.25, -0.2) is 0 Å². The summed E-state index contributed by atoms with van der Waals surface area (Å²) in [7, 11) is -11.4. The van der Waals surface area contributed by atoms with E-state index in [0.29, 0.717) is 0 Å². The van der Waals surface area contributed by atoms with Gasteiger partial charge in [-0.1, -0.05) is 0 Å². The molecule has 0 spiro atoms. The first-order chi connectivity index (χ1) is 6.93. The van der Waals surface area contributed by atoms with Crippen LogP contribution in [0.4, 0.5) is 0 Å². The third kappa shape index (κ3) is 3710. The summed E-state index contributed by atoms with van der Waals surface area (Å²) in [5.41, 5.74) is 0. The van der Waals surface area contributed by atoms with Gasteiger partial charge in [0.1, 0.15) is 0 Å². The number of hydrogen-bond donors (Lipinski definition) is 4. The van der Waals surface area contributed by atoms with Gasteiger partial charge in [0.2, 0.25) is 0 Å². The van der Waals surface area contributed by atoms with Crippen molar-refractivity contribution < 1.29 is 93.6 Å².